The normalized spacial score (nSPS) is 11.4. The summed E-state index contributed by atoms with van der Waals surface area (Å²) in [6, 6.07) is 15.5. The lowest BCUT2D eigenvalue weighted by molar-refractivity contribution is 0.0670. The van der Waals surface area contributed by atoms with Crippen molar-refractivity contribution >= 4 is 27.4 Å². The smallest absolute Gasteiger partial charge is 0.319 e. The van der Waals surface area contributed by atoms with Crippen molar-refractivity contribution in [3.63, 3.8) is 0 Å². The molecule has 0 aliphatic heterocycles. The van der Waals surface area contributed by atoms with E-state index < -0.39 is 6.55 Å². The van der Waals surface area contributed by atoms with Gasteiger partial charge in [0.25, 0.3) is 0 Å². The predicted molar refractivity (Wildman–Crippen MR) is 122 cm³/mol. The third-order valence-corrected chi connectivity index (χ3v) is 5.96. The van der Waals surface area contributed by atoms with E-state index >= 15 is 0 Å². The van der Waals surface area contributed by atoms with Crippen molar-refractivity contribution in [2.24, 2.45) is 0 Å². The van der Waals surface area contributed by atoms with Gasteiger partial charge in [-0.1, -0.05) is 36.4 Å². The molecule has 0 saturated carbocycles. The number of aromatic nitrogens is 5. The molecular formula is C23H18F2N6S. The van der Waals surface area contributed by atoms with Crippen LogP contribution in [0.4, 0.5) is 14.6 Å². The second kappa shape index (κ2) is 8.43. The van der Waals surface area contributed by atoms with Crippen molar-refractivity contribution in [1.29, 1.82) is 0 Å². The molecule has 0 atom stereocenters. The zero-order valence-electron chi connectivity index (χ0n) is 17.1. The third kappa shape index (κ3) is 3.71. The molecule has 0 aliphatic rings. The van der Waals surface area contributed by atoms with Crippen LogP contribution in [-0.4, -0.2) is 31.6 Å². The van der Waals surface area contributed by atoms with Gasteiger partial charge in [-0.05, 0) is 17.7 Å². The highest BCUT2D eigenvalue weighted by Gasteiger charge is 2.21. The lowest BCUT2D eigenvalue weighted by atomic mass is 10.1. The first-order valence-electron chi connectivity index (χ1n) is 9.89. The van der Waals surface area contributed by atoms with Crippen molar-refractivity contribution in [1.82, 2.24) is 24.5 Å². The molecule has 32 heavy (non-hydrogen) atoms. The van der Waals surface area contributed by atoms with E-state index in [1.54, 1.807) is 6.20 Å². The van der Waals surface area contributed by atoms with E-state index in [4.69, 9.17) is 9.97 Å². The highest BCUT2D eigenvalue weighted by Crippen LogP contribution is 2.39. The van der Waals surface area contributed by atoms with Crippen LogP contribution < -0.4 is 4.90 Å². The van der Waals surface area contributed by atoms with Crippen LogP contribution in [0.5, 0.6) is 0 Å². The molecule has 0 bridgehead atoms. The van der Waals surface area contributed by atoms with Crippen LogP contribution in [0, 0.1) is 0 Å². The number of rotatable bonds is 6. The number of pyridine rings is 1. The minimum atomic E-state index is -2.66. The Hall–Kier alpha value is -3.72. The zero-order chi connectivity index (χ0) is 22.1. The molecule has 160 valence electrons. The summed E-state index contributed by atoms with van der Waals surface area (Å²) in [5.74, 6) is 1.38. The lowest BCUT2D eigenvalue weighted by Crippen LogP contribution is -2.21. The zero-order valence-corrected chi connectivity index (χ0v) is 17.9. The fraction of sp³-hybridized carbons (Fsp3) is 0.130. The summed E-state index contributed by atoms with van der Waals surface area (Å²) in [7, 11) is 1.82. The van der Waals surface area contributed by atoms with Crippen LogP contribution in [0.15, 0.2) is 72.5 Å². The number of hydrogen-bond donors (Lipinski definition) is 0. The predicted octanol–water partition coefficient (Wildman–Crippen LogP) is 5.65. The fourth-order valence-electron chi connectivity index (χ4n) is 3.57. The molecule has 0 N–H and O–H groups in total. The number of fused-ring (bicyclic) bond motifs is 1. The van der Waals surface area contributed by atoms with E-state index in [2.05, 4.69) is 9.97 Å². The van der Waals surface area contributed by atoms with Gasteiger partial charge in [-0.2, -0.15) is 8.78 Å². The van der Waals surface area contributed by atoms with E-state index in [-0.39, 0.29) is 12.4 Å². The first kappa shape index (κ1) is 20.2. The van der Waals surface area contributed by atoms with Gasteiger partial charge in [-0.15, -0.1) is 11.3 Å². The SMILES string of the molecule is CN(Cc1nccn1C(F)F)c1nc(-c2ccccn2)nc2scc(-c3ccccc3)c12. The highest BCUT2D eigenvalue weighted by molar-refractivity contribution is 7.17. The molecular weight excluding hydrogens is 430 g/mol. The van der Waals surface area contributed by atoms with E-state index in [1.807, 2.05) is 65.9 Å². The molecule has 5 rings (SSSR count). The molecule has 4 heterocycles. The average molecular weight is 449 g/mol. The minimum Gasteiger partial charge on any atom is -0.352 e. The Kier molecular flexibility index (Phi) is 5.32. The Balaban J connectivity index is 1.67. The van der Waals surface area contributed by atoms with Gasteiger partial charge in [0.1, 0.15) is 22.2 Å². The standard InChI is InChI=1S/C23H18F2N6S/c1-30(13-18-27-11-12-31(18)23(24)25)21-19-16(15-7-3-2-4-8-15)14-32-22(19)29-20(28-21)17-9-5-6-10-26-17/h2-12,14,23H,13H2,1H3. The summed E-state index contributed by atoms with van der Waals surface area (Å²) in [6.07, 6.45) is 4.35. The van der Waals surface area contributed by atoms with Gasteiger partial charge >= 0.3 is 6.55 Å². The molecule has 0 unspecified atom stereocenters. The number of imidazole rings is 1. The fourth-order valence-corrected chi connectivity index (χ4v) is 4.51. The lowest BCUT2D eigenvalue weighted by Gasteiger charge is -2.20. The monoisotopic (exact) mass is 448 g/mol. The molecule has 0 spiro atoms. The van der Waals surface area contributed by atoms with Crippen molar-refractivity contribution < 1.29 is 8.78 Å². The van der Waals surface area contributed by atoms with Crippen LogP contribution in [0.1, 0.15) is 12.4 Å². The second-order valence-electron chi connectivity index (χ2n) is 7.17. The number of anilines is 1. The van der Waals surface area contributed by atoms with Gasteiger partial charge in [0.15, 0.2) is 5.82 Å². The quantitative estimate of drug-likeness (QED) is 0.336. The number of benzene rings is 1. The van der Waals surface area contributed by atoms with Gasteiger partial charge < -0.3 is 4.90 Å². The van der Waals surface area contributed by atoms with Gasteiger partial charge in [-0.25, -0.2) is 15.0 Å². The molecule has 0 amide bonds. The summed E-state index contributed by atoms with van der Waals surface area (Å²) in [5.41, 5.74) is 2.68. The maximum Gasteiger partial charge on any atom is 0.319 e. The van der Waals surface area contributed by atoms with Gasteiger partial charge in [0, 0.05) is 36.6 Å². The summed E-state index contributed by atoms with van der Waals surface area (Å²) >= 11 is 1.52. The van der Waals surface area contributed by atoms with Crippen molar-refractivity contribution in [2.45, 2.75) is 13.1 Å². The maximum absolute atomic E-state index is 13.4. The first-order chi connectivity index (χ1) is 15.6. The van der Waals surface area contributed by atoms with Crippen LogP contribution in [-0.2, 0) is 6.54 Å². The topological polar surface area (TPSA) is 59.7 Å². The van der Waals surface area contributed by atoms with Gasteiger partial charge in [-0.3, -0.25) is 9.55 Å². The molecule has 0 radical (unpaired) electrons. The van der Waals surface area contributed by atoms with Gasteiger partial charge in [0.2, 0.25) is 0 Å². The molecule has 1 aromatic carbocycles. The summed E-state index contributed by atoms with van der Waals surface area (Å²) in [6.45, 7) is -2.49. The number of alkyl halides is 2. The van der Waals surface area contributed by atoms with Crippen LogP contribution >= 0.6 is 11.3 Å². The summed E-state index contributed by atoms with van der Waals surface area (Å²) < 4.78 is 27.6. The minimum absolute atomic E-state index is 0.162. The van der Waals surface area contributed by atoms with Crippen LogP contribution in [0.25, 0.3) is 32.9 Å². The summed E-state index contributed by atoms with van der Waals surface area (Å²) in [5, 5.41) is 2.92. The maximum atomic E-state index is 13.4. The number of hydrogen-bond acceptors (Lipinski definition) is 6. The van der Waals surface area contributed by atoms with E-state index in [1.165, 1.54) is 23.7 Å². The Morgan fingerprint density at radius 3 is 2.56 bits per heavy atom. The Labute approximate surface area is 186 Å². The Morgan fingerprint density at radius 2 is 1.81 bits per heavy atom. The van der Waals surface area contributed by atoms with Crippen LogP contribution in [0.2, 0.25) is 0 Å². The van der Waals surface area contributed by atoms with Crippen molar-refractivity contribution in [2.75, 3.05) is 11.9 Å². The molecule has 0 aliphatic carbocycles. The molecule has 0 fully saturated rings. The van der Waals surface area contributed by atoms with E-state index in [0.717, 1.165) is 25.9 Å². The summed E-state index contributed by atoms with van der Waals surface area (Å²) in [4.78, 5) is 20.7. The largest absolute Gasteiger partial charge is 0.352 e. The Morgan fingerprint density at radius 1 is 1.00 bits per heavy atom. The first-order valence-corrected chi connectivity index (χ1v) is 10.8. The molecule has 6 nitrogen and oxygen atoms in total. The van der Waals surface area contributed by atoms with Crippen LogP contribution in [0.3, 0.4) is 0 Å². The van der Waals surface area contributed by atoms with E-state index in [9.17, 15) is 8.78 Å². The van der Waals surface area contributed by atoms with Crippen molar-refractivity contribution in [3.05, 3.63) is 78.3 Å². The average Bonchev–Trinajstić information content (AvgIpc) is 3.46. The van der Waals surface area contributed by atoms with Gasteiger partial charge in [0.05, 0.1) is 11.9 Å². The number of nitrogens with zero attached hydrogens (tertiary/aromatic N) is 6. The van der Waals surface area contributed by atoms with E-state index in [0.29, 0.717) is 17.3 Å². The number of thiophene rings is 1. The number of halogens is 2. The molecule has 9 heteroatoms. The highest BCUT2D eigenvalue weighted by atomic mass is 32.1. The van der Waals surface area contributed by atoms with Crippen molar-refractivity contribution in [3.8, 4) is 22.6 Å². The molecule has 5 aromatic rings. The second-order valence-corrected chi connectivity index (χ2v) is 8.02. The Bertz CT molecular complexity index is 1350. The third-order valence-electron chi connectivity index (χ3n) is 5.09. The molecule has 0 saturated heterocycles. The molecule has 4 aromatic heterocycles.